The van der Waals surface area contributed by atoms with E-state index >= 15 is 0 Å². The van der Waals surface area contributed by atoms with Crippen molar-refractivity contribution in [2.45, 2.75) is 31.8 Å². The van der Waals surface area contributed by atoms with Gasteiger partial charge in [-0.05, 0) is 37.5 Å². The third kappa shape index (κ3) is 1.19. The van der Waals surface area contributed by atoms with Crippen molar-refractivity contribution in [1.82, 2.24) is 0 Å². The van der Waals surface area contributed by atoms with Crippen LogP contribution in [0.25, 0.3) is 0 Å². The van der Waals surface area contributed by atoms with Gasteiger partial charge in [0.15, 0.2) is 0 Å². The Kier molecular flexibility index (Phi) is 2.16. The zero-order chi connectivity index (χ0) is 6.97. The Hall–Kier alpha value is 0.657. The van der Waals surface area contributed by atoms with E-state index in [0.29, 0.717) is 14.5 Å². The molecule has 0 unspecified atom stereocenters. The molecule has 0 saturated heterocycles. The molecule has 2 bridgehead atoms. The molecule has 0 aromatic heterocycles. The first-order valence-electron chi connectivity index (χ1n) is 3.91. The van der Waals surface area contributed by atoms with Gasteiger partial charge in [0.2, 0.25) is 0 Å². The quantitative estimate of drug-likeness (QED) is 0.510. The van der Waals surface area contributed by atoms with Crippen molar-refractivity contribution in [3.8, 4) is 0 Å². The standard InChI is InChI=1S/C7H11BrOSi/c8-10-9-7-4-5-1-2-6(7)3-5/h5-7H,1-4H2/t5-,6+,7+/m0/s1. The lowest BCUT2D eigenvalue weighted by Crippen LogP contribution is -2.20. The first-order valence-corrected chi connectivity index (χ1v) is 7.08. The number of halogens is 1. The summed E-state index contributed by atoms with van der Waals surface area (Å²) in [4.78, 5) is 0. The summed E-state index contributed by atoms with van der Waals surface area (Å²) in [5.41, 5.74) is 0. The van der Waals surface area contributed by atoms with Crippen LogP contribution in [0.1, 0.15) is 25.7 Å². The summed E-state index contributed by atoms with van der Waals surface area (Å²) in [6.45, 7) is 0. The number of hydrogen-bond donors (Lipinski definition) is 0. The van der Waals surface area contributed by atoms with Crippen LogP contribution in [-0.2, 0) is 4.43 Å². The molecule has 0 aromatic rings. The molecule has 0 aromatic carbocycles. The van der Waals surface area contributed by atoms with Gasteiger partial charge in [0, 0.05) is 6.10 Å². The van der Waals surface area contributed by atoms with E-state index in [2.05, 4.69) is 15.3 Å². The van der Waals surface area contributed by atoms with Gasteiger partial charge in [-0.2, -0.15) is 0 Å². The number of rotatable bonds is 2. The molecule has 0 heterocycles. The average molecular weight is 219 g/mol. The average Bonchev–Trinajstić information content (AvgIpc) is 2.48. The maximum Gasteiger partial charge on any atom is 0.322 e. The lowest BCUT2D eigenvalue weighted by molar-refractivity contribution is 0.150. The highest BCUT2D eigenvalue weighted by molar-refractivity contribution is 9.23. The maximum absolute atomic E-state index is 5.58. The van der Waals surface area contributed by atoms with Crippen LogP contribution in [0.3, 0.4) is 0 Å². The minimum Gasteiger partial charge on any atom is -0.403 e. The van der Waals surface area contributed by atoms with E-state index < -0.39 is 0 Å². The van der Waals surface area contributed by atoms with Gasteiger partial charge < -0.3 is 4.43 Å². The Morgan fingerprint density at radius 1 is 1.30 bits per heavy atom. The highest BCUT2D eigenvalue weighted by atomic mass is 79.9. The van der Waals surface area contributed by atoms with Gasteiger partial charge in [0.1, 0.15) is 0 Å². The van der Waals surface area contributed by atoms with Crippen LogP contribution in [0.5, 0.6) is 0 Å². The Morgan fingerprint density at radius 2 is 2.20 bits per heavy atom. The molecule has 2 aliphatic rings. The first kappa shape index (κ1) is 7.31. The molecule has 0 N–H and O–H groups in total. The number of hydrogen-bond acceptors (Lipinski definition) is 1. The normalized spacial score (nSPS) is 44.7. The molecule has 3 atom stereocenters. The Balaban J connectivity index is 1.90. The van der Waals surface area contributed by atoms with Gasteiger partial charge in [-0.3, -0.25) is 0 Å². The summed E-state index contributed by atoms with van der Waals surface area (Å²) in [7, 11) is 0.514. The van der Waals surface area contributed by atoms with Crippen LogP contribution in [0.15, 0.2) is 0 Å². The minimum absolute atomic E-state index is 0.514. The van der Waals surface area contributed by atoms with Crippen LogP contribution >= 0.6 is 15.3 Å². The molecule has 2 fully saturated rings. The fraction of sp³-hybridized carbons (Fsp3) is 1.00. The molecule has 10 heavy (non-hydrogen) atoms. The third-order valence-electron chi connectivity index (χ3n) is 2.87. The molecule has 3 heteroatoms. The molecular formula is C7H11BrOSi. The number of fused-ring (bicyclic) bond motifs is 2. The smallest absolute Gasteiger partial charge is 0.322 e. The summed E-state index contributed by atoms with van der Waals surface area (Å²) in [6.07, 6.45) is 6.28. The van der Waals surface area contributed by atoms with Crippen LogP contribution in [-0.4, -0.2) is 14.5 Å². The molecule has 56 valence electrons. The molecule has 1 nitrogen and oxygen atoms in total. The van der Waals surface area contributed by atoms with E-state index in [-0.39, 0.29) is 0 Å². The lowest BCUT2D eigenvalue weighted by Gasteiger charge is -2.20. The van der Waals surface area contributed by atoms with E-state index in [1.807, 2.05) is 0 Å². The second-order valence-electron chi connectivity index (χ2n) is 3.41. The highest BCUT2D eigenvalue weighted by Crippen LogP contribution is 2.45. The minimum atomic E-state index is 0.514. The topological polar surface area (TPSA) is 9.23 Å². The monoisotopic (exact) mass is 218 g/mol. The summed E-state index contributed by atoms with van der Waals surface area (Å²) in [6, 6.07) is 0. The summed E-state index contributed by atoms with van der Waals surface area (Å²) in [5.74, 6) is 1.92. The van der Waals surface area contributed by atoms with Gasteiger partial charge in [-0.25, -0.2) is 0 Å². The van der Waals surface area contributed by atoms with Crippen molar-refractivity contribution in [3.05, 3.63) is 0 Å². The molecule has 2 rings (SSSR count). The second kappa shape index (κ2) is 2.95. The molecule has 0 aliphatic heterocycles. The second-order valence-corrected chi connectivity index (χ2v) is 4.77. The van der Waals surface area contributed by atoms with Gasteiger partial charge >= 0.3 is 8.38 Å². The predicted molar refractivity (Wildman–Crippen MR) is 45.0 cm³/mol. The predicted octanol–water partition coefficient (Wildman–Crippen LogP) is 2.12. The molecule has 2 saturated carbocycles. The van der Waals surface area contributed by atoms with Gasteiger partial charge in [-0.1, -0.05) is 15.3 Å². The van der Waals surface area contributed by atoms with Gasteiger partial charge in [0.05, 0.1) is 0 Å². The van der Waals surface area contributed by atoms with Crippen molar-refractivity contribution in [1.29, 1.82) is 0 Å². The molecule has 0 amide bonds. The first-order chi connectivity index (χ1) is 4.90. The van der Waals surface area contributed by atoms with Crippen LogP contribution in [0, 0.1) is 11.8 Å². The van der Waals surface area contributed by atoms with E-state index in [1.165, 1.54) is 25.7 Å². The van der Waals surface area contributed by atoms with Crippen molar-refractivity contribution in [3.63, 3.8) is 0 Å². The largest absolute Gasteiger partial charge is 0.403 e. The molecule has 2 radical (unpaired) electrons. The lowest BCUT2D eigenvalue weighted by atomic mass is 9.98. The fourth-order valence-corrected chi connectivity index (χ4v) is 3.51. The summed E-state index contributed by atoms with van der Waals surface area (Å²) in [5, 5.41) is 0. The fourth-order valence-electron chi connectivity index (χ4n) is 2.39. The molecule has 2 aliphatic carbocycles. The third-order valence-corrected chi connectivity index (χ3v) is 3.82. The van der Waals surface area contributed by atoms with E-state index in [1.54, 1.807) is 0 Å². The zero-order valence-electron chi connectivity index (χ0n) is 5.85. The summed E-state index contributed by atoms with van der Waals surface area (Å²) < 4.78 is 5.58. The highest BCUT2D eigenvalue weighted by Gasteiger charge is 2.39. The Labute approximate surface area is 72.0 Å². The Morgan fingerprint density at radius 3 is 2.70 bits per heavy atom. The van der Waals surface area contributed by atoms with Gasteiger partial charge in [0.25, 0.3) is 0 Å². The van der Waals surface area contributed by atoms with E-state index in [0.717, 1.165) is 11.8 Å². The Bertz CT molecular complexity index is 131. The van der Waals surface area contributed by atoms with Gasteiger partial charge in [-0.15, -0.1) is 0 Å². The van der Waals surface area contributed by atoms with Crippen molar-refractivity contribution < 1.29 is 4.43 Å². The zero-order valence-corrected chi connectivity index (χ0v) is 8.43. The van der Waals surface area contributed by atoms with Crippen LogP contribution < -0.4 is 0 Å². The molecular weight excluding hydrogens is 208 g/mol. The molecule has 0 spiro atoms. The summed E-state index contributed by atoms with van der Waals surface area (Å²) >= 11 is 3.34. The van der Waals surface area contributed by atoms with Crippen LogP contribution in [0.2, 0.25) is 0 Å². The van der Waals surface area contributed by atoms with Crippen molar-refractivity contribution in [2.24, 2.45) is 11.8 Å². The van der Waals surface area contributed by atoms with Crippen molar-refractivity contribution >= 4 is 23.7 Å². The maximum atomic E-state index is 5.58. The SMILES string of the molecule is Br[Si]O[C@@H]1C[C@H]2CC[C@@H]1C2. The van der Waals surface area contributed by atoms with Crippen molar-refractivity contribution in [2.75, 3.05) is 0 Å². The van der Waals surface area contributed by atoms with Crippen LogP contribution in [0.4, 0.5) is 0 Å². The van der Waals surface area contributed by atoms with E-state index in [9.17, 15) is 0 Å². The van der Waals surface area contributed by atoms with E-state index in [4.69, 9.17) is 4.43 Å².